The van der Waals surface area contributed by atoms with Crippen LogP contribution in [0.3, 0.4) is 0 Å². The summed E-state index contributed by atoms with van der Waals surface area (Å²) in [5.41, 5.74) is 1.11. The minimum absolute atomic E-state index is 0.0292. The number of hydrogen-bond donors (Lipinski definition) is 0. The van der Waals surface area contributed by atoms with Crippen molar-refractivity contribution in [1.82, 2.24) is 9.80 Å². The topological polar surface area (TPSA) is 42.0 Å². The second-order valence-corrected chi connectivity index (χ2v) is 9.92. The van der Waals surface area contributed by atoms with E-state index in [1.807, 2.05) is 4.90 Å². The van der Waals surface area contributed by atoms with Crippen LogP contribution in [-0.4, -0.2) is 68.3 Å². The van der Waals surface area contributed by atoms with E-state index in [0.717, 1.165) is 36.1 Å². The number of hydrogen-bond acceptors (Lipinski definition) is 5. The predicted molar refractivity (Wildman–Crippen MR) is 120 cm³/mol. The minimum Gasteiger partial charge on any atom is -0.378 e. The lowest BCUT2D eigenvalue weighted by Gasteiger charge is -2.36. The Bertz CT molecular complexity index is 870. The molecule has 3 fully saturated rings. The van der Waals surface area contributed by atoms with Gasteiger partial charge >= 0.3 is 0 Å². The fourth-order valence-electron chi connectivity index (χ4n) is 5.23. The number of benzene rings is 1. The molecule has 0 unspecified atom stereocenters. The molecule has 2 saturated heterocycles. The first kappa shape index (κ1) is 20.4. The fourth-order valence-corrected chi connectivity index (χ4v) is 6.45. The number of fused-ring (bicyclic) bond motifs is 1. The van der Waals surface area contributed by atoms with Gasteiger partial charge in [0.25, 0.3) is 5.91 Å². The van der Waals surface area contributed by atoms with Crippen molar-refractivity contribution in [2.24, 2.45) is 5.92 Å². The summed E-state index contributed by atoms with van der Waals surface area (Å²) in [6.07, 6.45) is 6.86. The highest BCUT2D eigenvalue weighted by atomic mass is 32.1. The summed E-state index contributed by atoms with van der Waals surface area (Å²) in [6, 6.07) is 8.41. The zero-order chi connectivity index (χ0) is 20.3. The molecule has 0 bridgehead atoms. The van der Waals surface area contributed by atoms with Crippen molar-refractivity contribution < 1.29 is 14.3 Å². The Kier molecular flexibility index (Phi) is 6.37. The Labute approximate surface area is 182 Å². The number of carbonyl (C=O) groups is 1. The van der Waals surface area contributed by atoms with Gasteiger partial charge in [-0.15, -0.1) is 11.3 Å². The monoisotopic (exact) mass is 428 g/mol. The number of morpholine rings is 2. The Balaban J connectivity index is 1.41. The Morgan fingerprint density at radius 1 is 1.03 bits per heavy atom. The summed E-state index contributed by atoms with van der Waals surface area (Å²) >= 11 is 1.63. The second kappa shape index (κ2) is 9.35. The van der Waals surface area contributed by atoms with Gasteiger partial charge in [-0.1, -0.05) is 37.5 Å². The van der Waals surface area contributed by atoms with Gasteiger partial charge in [-0.05, 0) is 30.2 Å². The van der Waals surface area contributed by atoms with E-state index in [4.69, 9.17) is 9.47 Å². The van der Waals surface area contributed by atoms with Gasteiger partial charge in [0.05, 0.1) is 30.8 Å². The predicted octanol–water partition coefficient (Wildman–Crippen LogP) is 4.33. The molecule has 1 aromatic heterocycles. The van der Waals surface area contributed by atoms with Gasteiger partial charge in [0, 0.05) is 43.0 Å². The molecule has 0 N–H and O–H groups in total. The quantitative estimate of drug-likeness (QED) is 0.727. The van der Waals surface area contributed by atoms with E-state index in [2.05, 4.69) is 29.2 Å². The lowest BCUT2D eigenvalue weighted by atomic mass is 9.88. The summed E-state index contributed by atoms with van der Waals surface area (Å²) in [7, 11) is 0. The van der Waals surface area contributed by atoms with Crippen LogP contribution in [0.5, 0.6) is 0 Å². The van der Waals surface area contributed by atoms with Crippen LogP contribution in [-0.2, 0) is 9.47 Å². The molecule has 3 heterocycles. The van der Waals surface area contributed by atoms with Gasteiger partial charge in [-0.2, -0.15) is 0 Å². The molecule has 2 aliphatic heterocycles. The third-order valence-electron chi connectivity index (χ3n) is 6.84. The maximum atomic E-state index is 13.4. The Morgan fingerprint density at radius 2 is 1.83 bits per heavy atom. The lowest BCUT2D eigenvalue weighted by molar-refractivity contribution is -0.0355. The van der Waals surface area contributed by atoms with Gasteiger partial charge in [0.2, 0.25) is 0 Å². The minimum atomic E-state index is -0.0292. The van der Waals surface area contributed by atoms with Crippen molar-refractivity contribution >= 4 is 27.3 Å². The third-order valence-corrected chi connectivity index (χ3v) is 8.01. The Hall–Kier alpha value is -1.47. The summed E-state index contributed by atoms with van der Waals surface area (Å²) in [5.74, 6) is 0.966. The highest BCUT2D eigenvalue weighted by Crippen LogP contribution is 2.39. The van der Waals surface area contributed by atoms with Crippen LogP contribution in [0.1, 0.15) is 53.4 Å². The first-order valence-corrected chi connectivity index (χ1v) is 12.3. The molecule has 1 atom stereocenters. The normalized spacial score (nSPS) is 24.4. The van der Waals surface area contributed by atoms with Gasteiger partial charge in [0.1, 0.15) is 0 Å². The van der Waals surface area contributed by atoms with Crippen molar-refractivity contribution in [3.8, 4) is 0 Å². The molecule has 0 spiro atoms. The molecular formula is C24H32N2O3S. The van der Waals surface area contributed by atoms with Crippen LogP contribution < -0.4 is 0 Å². The van der Waals surface area contributed by atoms with Crippen LogP contribution in [0.15, 0.2) is 24.3 Å². The van der Waals surface area contributed by atoms with Gasteiger partial charge in [-0.25, -0.2) is 0 Å². The van der Waals surface area contributed by atoms with Gasteiger partial charge < -0.3 is 14.4 Å². The first-order valence-electron chi connectivity index (χ1n) is 11.5. The van der Waals surface area contributed by atoms with E-state index in [9.17, 15) is 4.79 Å². The molecule has 1 saturated carbocycles. The van der Waals surface area contributed by atoms with Crippen LogP contribution in [0.2, 0.25) is 0 Å². The molecule has 1 amide bonds. The molecule has 162 valence electrons. The van der Waals surface area contributed by atoms with Crippen molar-refractivity contribution in [2.75, 3.05) is 52.5 Å². The van der Waals surface area contributed by atoms with Crippen molar-refractivity contribution in [1.29, 1.82) is 0 Å². The Morgan fingerprint density at radius 3 is 2.67 bits per heavy atom. The summed E-state index contributed by atoms with van der Waals surface area (Å²) in [6.45, 7) is 6.41. The van der Waals surface area contributed by atoms with Crippen LogP contribution in [0.4, 0.5) is 0 Å². The molecular weight excluding hydrogens is 396 g/mol. The maximum Gasteiger partial charge on any atom is 0.264 e. The second-order valence-electron chi connectivity index (χ2n) is 8.87. The van der Waals surface area contributed by atoms with E-state index >= 15 is 0 Å². The highest BCUT2D eigenvalue weighted by Gasteiger charge is 2.32. The van der Waals surface area contributed by atoms with E-state index in [0.29, 0.717) is 26.3 Å². The largest absolute Gasteiger partial charge is 0.378 e. The molecule has 1 aromatic carbocycles. The average Bonchev–Trinajstić information content (AvgIpc) is 3.20. The van der Waals surface area contributed by atoms with Crippen LogP contribution >= 0.6 is 11.3 Å². The average molecular weight is 429 g/mol. The van der Waals surface area contributed by atoms with E-state index in [1.165, 1.54) is 48.7 Å². The number of ether oxygens (including phenoxy) is 2. The lowest BCUT2D eigenvalue weighted by Crippen LogP contribution is -2.43. The number of nitrogens with zero attached hydrogens (tertiary/aromatic N) is 2. The molecule has 2 aromatic rings. The summed E-state index contributed by atoms with van der Waals surface area (Å²) in [4.78, 5) is 18.8. The number of amides is 1. The van der Waals surface area contributed by atoms with Gasteiger partial charge in [-0.3, -0.25) is 9.69 Å². The SMILES string of the molecule is O=C(c1sc2ccccc2c1[C@H]1CN(CC2CCCCC2)CCO1)N1CCOCC1. The third kappa shape index (κ3) is 4.28. The highest BCUT2D eigenvalue weighted by molar-refractivity contribution is 7.21. The van der Waals surface area contributed by atoms with Crippen molar-refractivity contribution in [3.63, 3.8) is 0 Å². The van der Waals surface area contributed by atoms with E-state index in [1.54, 1.807) is 11.3 Å². The maximum absolute atomic E-state index is 13.4. The van der Waals surface area contributed by atoms with E-state index < -0.39 is 0 Å². The molecule has 1 aliphatic carbocycles. The fraction of sp³-hybridized carbons (Fsp3) is 0.625. The van der Waals surface area contributed by atoms with Crippen molar-refractivity contribution in [2.45, 2.75) is 38.2 Å². The number of carbonyl (C=O) groups excluding carboxylic acids is 1. The first-order chi connectivity index (χ1) is 14.8. The zero-order valence-electron chi connectivity index (χ0n) is 17.7. The molecule has 0 radical (unpaired) electrons. The zero-order valence-corrected chi connectivity index (χ0v) is 18.5. The van der Waals surface area contributed by atoms with Crippen LogP contribution in [0, 0.1) is 5.92 Å². The van der Waals surface area contributed by atoms with E-state index in [-0.39, 0.29) is 12.0 Å². The number of thiophene rings is 1. The van der Waals surface area contributed by atoms with Crippen molar-refractivity contribution in [3.05, 3.63) is 34.7 Å². The molecule has 6 heteroatoms. The molecule has 5 nitrogen and oxygen atoms in total. The summed E-state index contributed by atoms with van der Waals surface area (Å²) < 4.78 is 12.9. The molecule has 5 rings (SSSR count). The smallest absolute Gasteiger partial charge is 0.264 e. The molecule has 3 aliphatic rings. The summed E-state index contributed by atoms with van der Waals surface area (Å²) in [5, 5.41) is 1.18. The standard InChI is InChI=1S/C24H32N2O3S/c27-24(26-11-13-28-14-12-26)23-22(19-8-4-5-9-21(19)30-23)20-17-25(10-15-29-20)16-18-6-2-1-3-7-18/h4-5,8-9,18,20H,1-3,6-7,10-17H2/t20-/m1/s1. The number of rotatable bonds is 4. The van der Waals surface area contributed by atoms with Gasteiger partial charge in [0.15, 0.2) is 0 Å². The van der Waals surface area contributed by atoms with Crippen LogP contribution in [0.25, 0.3) is 10.1 Å². The molecule has 30 heavy (non-hydrogen) atoms.